The molecule has 0 amide bonds. The normalized spacial score (nSPS) is 17.7. The van der Waals surface area contributed by atoms with E-state index in [1.807, 2.05) is 6.07 Å². The summed E-state index contributed by atoms with van der Waals surface area (Å²) in [6, 6.07) is 6.14. The van der Waals surface area contributed by atoms with Crippen LogP contribution in [-0.4, -0.2) is 38.4 Å². The average molecular weight is 419 g/mol. The Bertz CT molecular complexity index is 514. The molecular formula is C16H26IN3O2. The number of methoxy groups -OCH3 is 1. The van der Waals surface area contributed by atoms with Crippen LogP contribution in [0.2, 0.25) is 0 Å². The lowest BCUT2D eigenvalue weighted by Gasteiger charge is -2.34. The number of ether oxygens (including phenoxy) is 2. The standard InChI is InChI=1S/C16H25N3O2.HI/c1-12-4-5-14(10-13(12)2)19-15(17)18-11-16(20-3)6-8-21-9-7-16;/h4-5,10H,6-9,11H2,1-3H3,(H3,17,18,19);1H. The van der Waals surface area contributed by atoms with E-state index >= 15 is 0 Å². The van der Waals surface area contributed by atoms with Crippen molar-refractivity contribution in [2.24, 2.45) is 10.7 Å². The van der Waals surface area contributed by atoms with E-state index in [2.05, 4.69) is 36.3 Å². The second kappa shape index (κ2) is 8.69. The molecule has 0 aliphatic carbocycles. The van der Waals surface area contributed by atoms with Crippen molar-refractivity contribution >= 4 is 35.6 Å². The van der Waals surface area contributed by atoms with Crippen molar-refractivity contribution < 1.29 is 9.47 Å². The van der Waals surface area contributed by atoms with Crippen molar-refractivity contribution in [3.8, 4) is 0 Å². The molecule has 0 atom stereocenters. The van der Waals surface area contributed by atoms with Gasteiger partial charge in [-0.3, -0.25) is 4.99 Å². The van der Waals surface area contributed by atoms with E-state index in [0.29, 0.717) is 25.7 Å². The lowest BCUT2D eigenvalue weighted by atomic mass is 9.94. The summed E-state index contributed by atoms with van der Waals surface area (Å²) in [7, 11) is 1.73. The number of halogens is 1. The fourth-order valence-electron chi connectivity index (χ4n) is 2.41. The first-order valence-electron chi connectivity index (χ1n) is 7.32. The number of hydrogen-bond donors (Lipinski definition) is 2. The van der Waals surface area contributed by atoms with E-state index in [-0.39, 0.29) is 29.6 Å². The molecule has 0 saturated carbocycles. The fraction of sp³-hybridized carbons (Fsp3) is 0.562. The van der Waals surface area contributed by atoms with Crippen LogP contribution < -0.4 is 11.1 Å². The maximum absolute atomic E-state index is 5.98. The Balaban J connectivity index is 0.00000242. The zero-order valence-corrected chi connectivity index (χ0v) is 15.8. The molecule has 0 unspecified atom stereocenters. The lowest BCUT2D eigenvalue weighted by molar-refractivity contribution is -0.0828. The summed E-state index contributed by atoms with van der Waals surface area (Å²) in [5.41, 5.74) is 9.18. The number of aliphatic imine (C=N–C) groups is 1. The molecule has 1 aromatic rings. The van der Waals surface area contributed by atoms with Crippen LogP contribution in [0.3, 0.4) is 0 Å². The van der Waals surface area contributed by atoms with Gasteiger partial charge in [-0.1, -0.05) is 6.07 Å². The number of nitrogens with one attached hydrogen (secondary N) is 1. The molecule has 1 heterocycles. The van der Waals surface area contributed by atoms with Crippen molar-refractivity contribution in [3.63, 3.8) is 0 Å². The van der Waals surface area contributed by atoms with Gasteiger partial charge < -0.3 is 20.5 Å². The number of benzene rings is 1. The van der Waals surface area contributed by atoms with Crippen LogP contribution in [0.5, 0.6) is 0 Å². The molecule has 1 aliphatic heterocycles. The minimum absolute atomic E-state index is 0. The summed E-state index contributed by atoms with van der Waals surface area (Å²) >= 11 is 0. The van der Waals surface area contributed by atoms with E-state index in [0.717, 1.165) is 18.5 Å². The fourth-order valence-corrected chi connectivity index (χ4v) is 2.41. The van der Waals surface area contributed by atoms with Crippen LogP contribution in [-0.2, 0) is 9.47 Å². The van der Waals surface area contributed by atoms with Crippen LogP contribution in [0.15, 0.2) is 23.2 Å². The molecule has 6 heteroatoms. The first-order valence-corrected chi connectivity index (χ1v) is 7.32. The van der Waals surface area contributed by atoms with E-state index in [1.54, 1.807) is 7.11 Å². The highest BCUT2D eigenvalue weighted by Gasteiger charge is 2.32. The van der Waals surface area contributed by atoms with Gasteiger partial charge in [0.15, 0.2) is 5.96 Å². The maximum atomic E-state index is 5.98. The minimum atomic E-state index is -0.242. The topological polar surface area (TPSA) is 68.9 Å². The number of rotatable bonds is 4. The van der Waals surface area contributed by atoms with Crippen molar-refractivity contribution in [1.29, 1.82) is 0 Å². The zero-order valence-electron chi connectivity index (χ0n) is 13.5. The summed E-state index contributed by atoms with van der Waals surface area (Å²) in [6.45, 7) is 6.15. The summed E-state index contributed by atoms with van der Waals surface area (Å²) < 4.78 is 11.0. The quantitative estimate of drug-likeness (QED) is 0.448. The van der Waals surface area contributed by atoms with Crippen LogP contribution in [0, 0.1) is 13.8 Å². The molecular weight excluding hydrogens is 393 g/mol. The number of anilines is 1. The van der Waals surface area contributed by atoms with Gasteiger partial charge in [0.2, 0.25) is 0 Å². The Morgan fingerprint density at radius 2 is 2.00 bits per heavy atom. The number of guanidine groups is 1. The second-order valence-electron chi connectivity index (χ2n) is 5.63. The molecule has 5 nitrogen and oxygen atoms in total. The number of nitrogens with two attached hydrogens (primary N) is 1. The largest absolute Gasteiger partial charge is 0.381 e. The van der Waals surface area contributed by atoms with Crippen molar-refractivity contribution in [1.82, 2.24) is 0 Å². The van der Waals surface area contributed by atoms with E-state index < -0.39 is 0 Å². The predicted octanol–water partition coefficient (Wildman–Crippen LogP) is 2.84. The monoisotopic (exact) mass is 419 g/mol. The van der Waals surface area contributed by atoms with Gasteiger partial charge in [-0.05, 0) is 37.1 Å². The second-order valence-corrected chi connectivity index (χ2v) is 5.63. The number of aryl methyl sites for hydroxylation is 2. The molecule has 22 heavy (non-hydrogen) atoms. The Kier molecular flexibility index (Phi) is 7.58. The third-order valence-electron chi connectivity index (χ3n) is 4.15. The molecule has 2 rings (SSSR count). The van der Waals surface area contributed by atoms with Gasteiger partial charge in [0.05, 0.1) is 12.1 Å². The minimum Gasteiger partial charge on any atom is -0.381 e. The third-order valence-corrected chi connectivity index (χ3v) is 4.15. The molecule has 0 aromatic heterocycles. The van der Waals surface area contributed by atoms with Crippen molar-refractivity contribution in [3.05, 3.63) is 29.3 Å². The van der Waals surface area contributed by atoms with E-state index in [4.69, 9.17) is 15.2 Å². The third kappa shape index (κ3) is 5.10. The zero-order chi connectivity index (χ0) is 15.3. The summed E-state index contributed by atoms with van der Waals surface area (Å²) in [5, 5.41) is 3.13. The van der Waals surface area contributed by atoms with Crippen LogP contribution in [0.1, 0.15) is 24.0 Å². The molecule has 0 radical (unpaired) electrons. The Morgan fingerprint density at radius 3 is 2.59 bits per heavy atom. The number of nitrogens with zero attached hydrogens (tertiary/aromatic N) is 1. The predicted molar refractivity (Wildman–Crippen MR) is 101 cm³/mol. The molecule has 1 fully saturated rings. The SMILES string of the molecule is COC1(CN=C(N)Nc2ccc(C)c(C)c2)CCOCC1.I. The average Bonchev–Trinajstić information content (AvgIpc) is 2.50. The highest BCUT2D eigenvalue weighted by Crippen LogP contribution is 2.24. The summed E-state index contributed by atoms with van der Waals surface area (Å²) in [4.78, 5) is 4.44. The Morgan fingerprint density at radius 1 is 1.32 bits per heavy atom. The first-order chi connectivity index (χ1) is 10.0. The molecule has 0 spiro atoms. The van der Waals surface area contributed by atoms with Gasteiger partial charge in [-0.15, -0.1) is 24.0 Å². The molecule has 0 bridgehead atoms. The number of hydrogen-bond acceptors (Lipinski definition) is 3. The van der Waals surface area contributed by atoms with Crippen molar-refractivity contribution in [2.75, 3.05) is 32.2 Å². The summed E-state index contributed by atoms with van der Waals surface area (Å²) in [6.07, 6.45) is 1.70. The van der Waals surface area contributed by atoms with Gasteiger partial charge in [0.25, 0.3) is 0 Å². The smallest absolute Gasteiger partial charge is 0.193 e. The first kappa shape index (κ1) is 19.2. The van der Waals surface area contributed by atoms with Gasteiger partial charge in [-0.25, -0.2) is 0 Å². The lowest BCUT2D eigenvalue weighted by Crippen LogP contribution is -2.42. The highest BCUT2D eigenvalue weighted by atomic mass is 127. The van der Waals surface area contributed by atoms with E-state index in [9.17, 15) is 0 Å². The molecule has 1 saturated heterocycles. The van der Waals surface area contributed by atoms with Gasteiger partial charge in [0, 0.05) is 38.9 Å². The summed E-state index contributed by atoms with van der Waals surface area (Å²) in [5.74, 6) is 0.418. The maximum Gasteiger partial charge on any atom is 0.193 e. The van der Waals surface area contributed by atoms with Crippen LogP contribution in [0.4, 0.5) is 5.69 Å². The van der Waals surface area contributed by atoms with Crippen molar-refractivity contribution in [2.45, 2.75) is 32.3 Å². The van der Waals surface area contributed by atoms with Crippen LogP contribution in [0.25, 0.3) is 0 Å². The van der Waals surface area contributed by atoms with Gasteiger partial charge in [0.1, 0.15) is 0 Å². The van der Waals surface area contributed by atoms with Gasteiger partial charge in [-0.2, -0.15) is 0 Å². The Hall–Kier alpha value is -0.860. The molecule has 3 N–H and O–H groups in total. The van der Waals surface area contributed by atoms with Gasteiger partial charge >= 0.3 is 0 Å². The molecule has 1 aliphatic rings. The molecule has 1 aromatic carbocycles. The Labute approximate surface area is 149 Å². The van der Waals surface area contributed by atoms with Crippen LogP contribution >= 0.6 is 24.0 Å². The highest BCUT2D eigenvalue weighted by molar-refractivity contribution is 14.0. The molecule has 124 valence electrons. The van der Waals surface area contributed by atoms with E-state index in [1.165, 1.54) is 11.1 Å².